The van der Waals surface area contributed by atoms with Crippen molar-refractivity contribution in [3.05, 3.63) is 50.4 Å². The van der Waals surface area contributed by atoms with Gasteiger partial charge in [0.25, 0.3) is 0 Å². The highest BCUT2D eigenvalue weighted by atomic mass is 79.9. The number of aromatic nitrogens is 1. The van der Waals surface area contributed by atoms with Gasteiger partial charge in [-0.1, -0.05) is 41.1 Å². The summed E-state index contributed by atoms with van der Waals surface area (Å²) < 4.78 is 1.20. The Bertz CT molecular complexity index is 539. The van der Waals surface area contributed by atoms with Crippen molar-refractivity contribution >= 4 is 27.3 Å². The Morgan fingerprint density at radius 2 is 2.10 bits per heavy atom. The fraction of sp³-hybridized carbons (Fsp3) is 0.438. The topological polar surface area (TPSA) is 24.9 Å². The van der Waals surface area contributed by atoms with Gasteiger partial charge >= 0.3 is 0 Å². The van der Waals surface area contributed by atoms with Crippen LogP contribution in [0, 0.1) is 12.8 Å². The van der Waals surface area contributed by atoms with Crippen LogP contribution in [0.15, 0.2) is 34.1 Å². The van der Waals surface area contributed by atoms with Gasteiger partial charge in [0, 0.05) is 9.85 Å². The molecule has 0 bridgehead atoms. The number of halogens is 1. The molecule has 0 spiro atoms. The Morgan fingerprint density at radius 3 is 2.75 bits per heavy atom. The van der Waals surface area contributed by atoms with Crippen LogP contribution in [0.5, 0.6) is 0 Å². The SMILES string of the molecule is CCNCC(Cc1csc(C)n1)Cc1ccccc1Br. The lowest BCUT2D eigenvalue weighted by atomic mass is 9.95. The largest absolute Gasteiger partial charge is 0.317 e. The van der Waals surface area contributed by atoms with Crippen molar-refractivity contribution in [1.82, 2.24) is 10.3 Å². The van der Waals surface area contributed by atoms with Crippen molar-refractivity contribution in [3.63, 3.8) is 0 Å². The van der Waals surface area contributed by atoms with E-state index in [0.717, 1.165) is 30.9 Å². The molecule has 0 aliphatic rings. The number of nitrogens with one attached hydrogen (secondary N) is 1. The summed E-state index contributed by atoms with van der Waals surface area (Å²) in [7, 11) is 0. The summed E-state index contributed by atoms with van der Waals surface area (Å²) in [6, 6.07) is 8.50. The third-order valence-electron chi connectivity index (χ3n) is 3.31. The van der Waals surface area contributed by atoms with Gasteiger partial charge in [0.1, 0.15) is 0 Å². The summed E-state index contributed by atoms with van der Waals surface area (Å²) in [6.07, 6.45) is 2.11. The lowest BCUT2D eigenvalue weighted by Gasteiger charge is -2.17. The molecule has 2 rings (SSSR count). The minimum Gasteiger partial charge on any atom is -0.317 e. The molecule has 108 valence electrons. The second kappa shape index (κ2) is 7.91. The Morgan fingerprint density at radius 1 is 1.30 bits per heavy atom. The van der Waals surface area contributed by atoms with Crippen LogP contribution in [-0.2, 0) is 12.8 Å². The van der Waals surface area contributed by atoms with E-state index in [9.17, 15) is 0 Å². The van der Waals surface area contributed by atoms with E-state index < -0.39 is 0 Å². The molecule has 2 nitrogen and oxygen atoms in total. The minimum atomic E-state index is 0.579. The molecule has 0 fully saturated rings. The molecule has 0 saturated heterocycles. The molecule has 1 atom stereocenters. The first-order valence-electron chi connectivity index (χ1n) is 7.04. The van der Waals surface area contributed by atoms with Crippen LogP contribution in [0.1, 0.15) is 23.2 Å². The highest BCUT2D eigenvalue weighted by Crippen LogP contribution is 2.22. The smallest absolute Gasteiger partial charge is 0.0897 e. The second-order valence-electron chi connectivity index (χ2n) is 5.03. The van der Waals surface area contributed by atoms with E-state index in [4.69, 9.17) is 0 Å². The van der Waals surface area contributed by atoms with Gasteiger partial charge in [-0.15, -0.1) is 11.3 Å². The first-order chi connectivity index (χ1) is 9.69. The number of rotatable bonds is 7. The molecule has 0 radical (unpaired) electrons. The number of hydrogen-bond acceptors (Lipinski definition) is 3. The molecular formula is C16H21BrN2S. The van der Waals surface area contributed by atoms with E-state index in [1.165, 1.54) is 15.7 Å². The number of benzene rings is 1. The molecule has 0 aliphatic carbocycles. The van der Waals surface area contributed by atoms with Gasteiger partial charge in [0.15, 0.2) is 0 Å². The van der Waals surface area contributed by atoms with Gasteiger partial charge in [0.2, 0.25) is 0 Å². The molecule has 2 aromatic rings. The molecule has 20 heavy (non-hydrogen) atoms. The molecule has 1 heterocycles. The third kappa shape index (κ3) is 4.69. The maximum absolute atomic E-state index is 4.60. The maximum atomic E-state index is 4.60. The molecule has 4 heteroatoms. The Kier molecular flexibility index (Phi) is 6.20. The monoisotopic (exact) mass is 352 g/mol. The van der Waals surface area contributed by atoms with E-state index in [0.29, 0.717) is 5.92 Å². The van der Waals surface area contributed by atoms with Gasteiger partial charge < -0.3 is 5.32 Å². The number of hydrogen-bond donors (Lipinski definition) is 1. The third-order valence-corrected chi connectivity index (χ3v) is 4.91. The van der Waals surface area contributed by atoms with E-state index in [1.54, 1.807) is 11.3 Å². The van der Waals surface area contributed by atoms with Crippen molar-refractivity contribution in [2.24, 2.45) is 5.92 Å². The Balaban J connectivity index is 2.05. The van der Waals surface area contributed by atoms with Crippen LogP contribution in [0.2, 0.25) is 0 Å². The standard InChI is InChI=1S/C16H21BrN2S/c1-3-18-10-13(9-15-11-20-12(2)19-15)8-14-6-4-5-7-16(14)17/h4-7,11,13,18H,3,8-10H2,1-2H3. The van der Waals surface area contributed by atoms with Gasteiger partial charge in [-0.2, -0.15) is 0 Å². The lowest BCUT2D eigenvalue weighted by Crippen LogP contribution is -2.26. The van der Waals surface area contributed by atoms with Crippen molar-refractivity contribution in [3.8, 4) is 0 Å². The highest BCUT2D eigenvalue weighted by molar-refractivity contribution is 9.10. The van der Waals surface area contributed by atoms with E-state index >= 15 is 0 Å². The maximum Gasteiger partial charge on any atom is 0.0897 e. The van der Waals surface area contributed by atoms with E-state index in [2.05, 4.69) is 69.7 Å². The highest BCUT2D eigenvalue weighted by Gasteiger charge is 2.13. The fourth-order valence-corrected chi connectivity index (χ4v) is 3.41. The van der Waals surface area contributed by atoms with Crippen molar-refractivity contribution < 1.29 is 0 Å². The molecular weight excluding hydrogens is 332 g/mol. The summed E-state index contributed by atoms with van der Waals surface area (Å²) in [6.45, 7) is 6.28. The predicted molar refractivity (Wildman–Crippen MR) is 90.4 cm³/mol. The van der Waals surface area contributed by atoms with Gasteiger partial charge in [0.05, 0.1) is 10.7 Å². The van der Waals surface area contributed by atoms with Gasteiger partial charge in [-0.25, -0.2) is 4.98 Å². The van der Waals surface area contributed by atoms with Crippen LogP contribution < -0.4 is 5.32 Å². The second-order valence-corrected chi connectivity index (χ2v) is 6.95. The lowest BCUT2D eigenvalue weighted by molar-refractivity contribution is 0.474. The average Bonchev–Trinajstić information content (AvgIpc) is 2.84. The number of aryl methyl sites for hydroxylation is 1. The van der Waals surface area contributed by atoms with Crippen LogP contribution >= 0.6 is 27.3 Å². The van der Waals surface area contributed by atoms with Crippen LogP contribution in [0.4, 0.5) is 0 Å². The van der Waals surface area contributed by atoms with Gasteiger partial charge in [-0.3, -0.25) is 0 Å². The van der Waals surface area contributed by atoms with Gasteiger partial charge in [-0.05, 0) is 50.4 Å². The zero-order chi connectivity index (χ0) is 14.4. The quantitative estimate of drug-likeness (QED) is 0.806. The first kappa shape index (κ1) is 15.7. The summed E-state index contributed by atoms with van der Waals surface area (Å²) >= 11 is 5.39. The molecule has 1 aromatic carbocycles. The van der Waals surface area contributed by atoms with Crippen molar-refractivity contribution in [2.45, 2.75) is 26.7 Å². The van der Waals surface area contributed by atoms with E-state index in [1.807, 2.05) is 0 Å². The molecule has 0 amide bonds. The zero-order valence-electron chi connectivity index (χ0n) is 12.0. The van der Waals surface area contributed by atoms with Crippen molar-refractivity contribution in [1.29, 1.82) is 0 Å². The summed E-state index contributed by atoms with van der Waals surface area (Å²) in [5, 5.41) is 6.82. The van der Waals surface area contributed by atoms with Crippen LogP contribution in [0.25, 0.3) is 0 Å². The summed E-state index contributed by atoms with van der Waals surface area (Å²) in [4.78, 5) is 4.60. The summed E-state index contributed by atoms with van der Waals surface area (Å²) in [5.41, 5.74) is 2.60. The molecule has 1 unspecified atom stereocenters. The van der Waals surface area contributed by atoms with E-state index in [-0.39, 0.29) is 0 Å². The van der Waals surface area contributed by atoms with Crippen LogP contribution in [-0.4, -0.2) is 18.1 Å². The normalized spacial score (nSPS) is 12.6. The number of thiazole rings is 1. The number of nitrogens with zero attached hydrogens (tertiary/aromatic N) is 1. The average molecular weight is 353 g/mol. The minimum absolute atomic E-state index is 0.579. The first-order valence-corrected chi connectivity index (χ1v) is 8.71. The Labute approximate surface area is 133 Å². The Hall–Kier alpha value is -0.710. The van der Waals surface area contributed by atoms with Crippen molar-refractivity contribution in [2.75, 3.05) is 13.1 Å². The van der Waals surface area contributed by atoms with Crippen LogP contribution in [0.3, 0.4) is 0 Å². The summed E-state index contributed by atoms with van der Waals surface area (Å²) in [5.74, 6) is 0.579. The molecule has 1 aromatic heterocycles. The molecule has 1 N–H and O–H groups in total. The molecule has 0 saturated carbocycles. The zero-order valence-corrected chi connectivity index (χ0v) is 14.4. The fourth-order valence-electron chi connectivity index (χ4n) is 2.34. The predicted octanol–water partition coefficient (Wildman–Crippen LogP) is 4.22. The molecule has 0 aliphatic heterocycles.